The first-order valence-corrected chi connectivity index (χ1v) is 28.4. The van der Waals surface area contributed by atoms with Gasteiger partial charge < -0.3 is 8.98 Å². The van der Waals surface area contributed by atoms with Crippen molar-refractivity contribution in [3.05, 3.63) is 216 Å². The smallest absolute Gasteiger partial charge is 0.121 e. The van der Waals surface area contributed by atoms with E-state index < -0.39 is 0 Å². The van der Waals surface area contributed by atoms with Crippen molar-refractivity contribution >= 4 is 54.5 Å². The maximum absolute atomic E-state index is 6.93. The van der Waals surface area contributed by atoms with Crippen LogP contribution in [0.3, 0.4) is 0 Å². The third-order valence-corrected chi connectivity index (χ3v) is 15.7. The SMILES string of the molecule is CC(C)(C)c1ccnc(-c2[c-]cccc2)n1.CC(C)c1cc(C(C)C)c(-c2ccc(-c3cc(C(C)C)c(-n4c(-c5[c-]ccc6c5oc5cc7c(ccc8ccccc87)cc56)nc5ccccc54)c(C(C)C)c3)cc2)c(C(C)C)c1.[Ir]. The molecule has 12 rings (SSSR count). The zero-order chi connectivity index (χ0) is 55.4. The Morgan fingerprint density at radius 3 is 1.79 bits per heavy atom. The second kappa shape index (κ2) is 22.6. The van der Waals surface area contributed by atoms with Gasteiger partial charge in [-0.25, -0.2) is 0 Å². The monoisotopic (exact) mass is 1230 g/mol. The molecule has 0 saturated carbocycles. The summed E-state index contributed by atoms with van der Waals surface area (Å²) in [5, 5.41) is 7.00. The van der Waals surface area contributed by atoms with E-state index in [0.717, 1.165) is 61.4 Å². The summed E-state index contributed by atoms with van der Waals surface area (Å²) in [6.45, 7) is 29.6. The van der Waals surface area contributed by atoms with Crippen molar-refractivity contribution in [3.8, 4) is 50.7 Å². The third kappa shape index (κ3) is 10.6. The second-order valence-electron chi connectivity index (χ2n) is 24.0. The largest absolute Gasteiger partial charge is 0.501 e. The van der Waals surface area contributed by atoms with Gasteiger partial charge in [0.15, 0.2) is 0 Å². The average Bonchev–Trinajstić information content (AvgIpc) is 4.17. The molecule has 0 bridgehead atoms. The summed E-state index contributed by atoms with van der Waals surface area (Å²) >= 11 is 0. The summed E-state index contributed by atoms with van der Waals surface area (Å²) in [6, 6.07) is 65.9. The van der Waals surface area contributed by atoms with E-state index in [1.54, 1.807) is 0 Å². The fourth-order valence-corrected chi connectivity index (χ4v) is 11.4. The van der Waals surface area contributed by atoms with E-state index in [1.165, 1.54) is 77.3 Å². The van der Waals surface area contributed by atoms with Gasteiger partial charge in [0.25, 0.3) is 0 Å². The van der Waals surface area contributed by atoms with E-state index >= 15 is 0 Å². The first kappa shape index (κ1) is 55.8. The van der Waals surface area contributed by atoms with E-state index in [4.69, 9.17) is 9.40 Å². The van der Waals surface area contributed by atoms with Gasteiger partial charge >= 0.3 is 0 Å². The molecule has 0 spiro atoms. The summed E-state index contributed by atoms with van der Waals surface area (Å²) in [5.41, 5.74) is 19.8. The van der Waals surface area contributed by atoms with Crippen LogP contribution < -0.4 is 0 Å². The van der Waals surface area contributed by atoms with Crippen LogP contribution in [0.2, 0.25) is 0 Å². The van der Waals surface area contributed by atoms with E-state index in [0.29, 0.717) is 17.8 Å². The summed E-state index contributed by atoms with van der Waals surface area (Å²) in [6.07, 6.45) is 1.81. The maximum atomic E-state index is 6.93. The Kier molecular flexibility index (Phi) is 15.7. The maximum Gasteiger partial charge on any atom is 0.121 e. The molecule has 1 radical (unpaired) electrons. The van der Waals surface area contributed by atoms with Crippen molar-refractivity contribution < 1.29 is 24.5 Å². The van der Waals surface area contributed by atoms with Gasteiger partial charge in [-0.3, -0.25) is 15.0 Å². The molecule has 0 atom stereocenters. The van der Waals surface area contributed by atoms with Crippen LogP contribution in [-0.4, -0.2) is 19.5 Å². The minimum absolute atomic E-state index is 0. The van der Waals surface area contributed by atoms with Gasteiger partial charge in [0, 0.05) is 48.5 Å². The third-order valence-electron chi connectivity index (χ3n) is 15.7. The number of rotatable bonds is 10. The summed E-state index contributed by atoms with van der Waals surface area (Å²) < 4.78 is 9.33. The quantitative estimate of drug-likeness (QED) is 0.101. The summed E-state index contributed by atoms with van der Waals surface area (Å²) in [5.74, 6) is 3.39. The molecular weight excluding hydrogens is 1150 g/mol. The molecule has 0 fully saturated rings. The van der Waals surface area contributed by atoms with Gasteiger partial charge in [-0.05, 0) is 144 Å². The molecule has 0 aliphatic rings. The van der Waals surface area contributed by atoms with Crippen molar-refractivity contribution in [1.82, 2.24) is 19.5 Å². The molecule has 80 heavy (non-hydrogen) atoms. The van der Waals surface area contributed by atoms with Gasteiger partial charge in [0.05, 0.1) is 28.3 Å². The number of hydrogen-bond acceptors (Lipinski definition) is 4. The van der Waals surface area contributed by atoms with Crippen LogP contribution in [0.4, 0.5) is 0 Å². The molecule has 0 saturated heterocycles. The molecular formula is C74H72IrN4O-2. The molecule has 3 heterocycles. The number of hydrogen-bond donors (Lipinski definition) is 0. The van der Waals surface area contributed by atoms with Gasteiger partial charge in [0.1, 0.15) is 5.58 Å². The molecule has 0 amide bonds. The second-order valence-corrected chi connectivity index (χ2v) is 24.0. The minimum atomic E-state index is 0. The predicted octanol–water partition coefficient (Wildman–Crippen LogP) is 20.9. The van der Waals surface area contributed by atoms with Gasteiger partial charge in [-0.1, -0.05) is 186 Å². The fourth-order valence-electron chi connectivity index (χ4n) is 11.4. The van der Waals surface area contributed by atoms with Gasteiger partial charge in [0.2, 0.25) is 0 Å². The molecule has 0 unspecified atom stereocenters. The van der Waals surface area contributed by atoms with E-state index in [1.807, 2.05) is 42.6 Å². The Labute approximate surface area is 486 Å². The molecule has 0 N–H and O–H groups in total. The Hall–Kier alpha value is -7.50. The molecule has 12 aromatic rings. The first-order chi connectivity index (χ1) is 37.9. The topological polar surface area (TPSA) is 56.7 Å². The van der Waals surface area contributed by atoms with Crippen LogP contribution in [0.15, 0.2) is 174 Å². The fraction of sp³-hybridized carbons (Fsp3) is 0.257. The van der Waals surface area contributed by atoms with Crippen molar-refractivity contribution in [2.45, 2.75) is 125 Å². The zero-order valence-electron chi connectivity index (χ0n) is 48.6. The van der Waals surface area contributed by atoms with Gasteiger partial charge in [-0.2, -0.15) is 0 Å². The molecule has 5 nitrogen and oxygen atoms in total. The number of imidazole rings is 1. The van der Waals surface area contributed by atoms with Crippen LogP contribution in [0.25, 0.3) is 105 Å². The van der Waals surface area contributed by atoms with Crippen molar-refractivity contribution in [2.75, 3.05) is 0 Å². The number of para-hydroxylation sites is 2. The van der Waals surface area contributed by atoms with E-state index in [-0.39, 0.29) is 37.4 Å². The number of benzene rings is 9. The van der Waals surface area contributed by atoms with E-state index in [2.05, 4.69) is 244 Å². The van der Waals surface area contributed by atoms with Crippen LogP contribution in [-0.2, 0) is 25.5 Å². The Balaban J connectivity index is 0.000000364. The van der Waals surface area contributed by atoms with Crippen molar-refractivity contribution in [1.29, 1.82) is 0 Å². The van der Waals surface area contributed by atoms with Crippen LogP contribution in [0, 0.1) is 12.1 Å². The molecule has 6 heteroatoms. The van der Waals surface area contributed by atoms with Crippen molar-refractivity contribution in [3.63, 3.8) is 0 Å². The normalized spacial score (nSPS) is 12.0. The van der Waals surface area contributed by atoms with E-state index in [9.17, 15) is 0 Å². The molecule has 405 valence electrons. The summed E-state index contributed by atoms with van der Waals surface area (Å²) in [7, 11) is 0. The first-order valence-electron chi connectivity index (χ1n) is 28.4. The zero-order valence-corrected chi connectivity index (χ0v) is 51.0. The standard InChI is InChI=1S/C60H57N2O.C14H15N2.Ir/c1-34(2)43-29-48(35(3)4)57(49(30-43)36(5)6)41-25-22-39(23-26-41)44-31-50(37(7)8)58(51(32-44)38(9)10)62-55-21-14-13-20-54(55)61-60(62)47-19-15-18-46-53-28-42-27-24-40-16-11-12-17-45(40)52(42)33-56(53)63-59(46)47;1-14(2,3)12-9-10-15-13(16-12)11-7-5-4-6-8-11;/h11-18,20-38H,1-10H3;4-7,9-10H,1-3H3;/q2*-1;. The molecule has 3 aromatic heterocycles. The van der Waals surface area contributed by atoms with Crippen LogP contribution >= 0.6 is 0 Å². The van der Waals surface area contributed by atoms with Gasteiger partial charge in [-0.15, -0.1) is 54.1 Å². The van der Waals surface area contributed by atoms with Crippen molar-refractivity contribution in [2.24, 2.45) is 0 Å². The Morgan fingerprint density at radius 1 is 0.500 bits per heavy atom. The summed E-state index contributed by atoms with van der Waals surface area (Å²) in [4.78, 5) is 14.3. The molecule has 9 aromatic carbocycles. The average molecular weight is 1230 g/mol. The minimum Gasteiger partial charge on any atom is -0.501 e. The molecule has 0 aliphatic heterocycles. The van der Waals surface area contributed by atoms with Crippen LogP contribution in [0.5, 0.6) is 0 Å². The Morgan fingerprint density at radius 2 is 1.14 bits per heavy atom. The molecule has 0 aliphatic carbocycles. The van der Waals surface area contributed by atoms with Crippen LogP contribution in [0.1, 0.15) is 153 Å². The predicted molar refractivity (Wildman–Crippen MR) is 334 cm³/mol. The Bertz CT molecular complexity index is 4150. The number of furan rings is 1. The number of nitrogens with zero attached hydrogens (tertiary/aromatic N) is 4. The number of aromatic nitrogens is 4. The number of fused-ring (bicyclic) bond motifs is 7.